The van der Waals surface area contributed by atoms with E-state index in [1.54, 1.807) is 13.0 Å². The SMILES string of the molecule is C[C@@H](NCc1cc(-c2ccccc2)no1)C(=O)O. The van der Waals surface area contributed by atoms with Crippen LogP contribution in [0.15, 0.2) is 40.9 Å². The van der Waals surface area contributed by atoms with Gasteiger partial charge in [-0.3, -0.25) is 10.1 Å². The topological polar surface area (TPSA) is 75.4 Å². The summed E-state index contributed by atoms with van der Waals surface area (Å²) in [5.74, 6) is -0.278. The summed E-state index contributed by atoms with van der Waals surface area (Å²) in [4.78, 5) is 10.6. The lowest BCUT2D eigenvalue weighted by Gasteiger charge is -2.05. The van der Waals surface area contributed by atoms with E-state index in [0.29, 0.717) is 12.3 Å². The first-order valence-electron chi connectivity index (χ1n) is 5.64. The third kappa shape index (κ3) is 2.95. The van der Waals surface area contributed by atoms with Crippen molar-refractivity contribution in [2.24, 2.45) is 0 Å². The van der Waals surface area contributed by atoms with Gasteiger partial charge in [-0.25, -0.2) is 0 Å². The second-order valence-electron chi connectivity index (χ2n) is 3.99. The Morgan fingerprint density at radius 3 is 2.83 bits per heavy atom. The molecule has 1 atom stereocenters. The Hall–Kier alpha value is -2.14. The zero-order valence-corrected chi connectivity index (χ0v) is 9.96. The van der Waals surface area contributed by atoms with Gasteiger partial charge in [0.2, 0.25) is 0 Å². The summed E-state index contributed by atoms with van der Waals surface area (Å²) in [7, 11) is 0. The molecule has 0 spiro atoms. The number of hydrogen-bond acceptors (Lipinski definition) is 4. The van der Waals surface area contributed by atoms with Gasteiger partial charge in [0.25, 0.3) is 0 Å². The quantitative estimate of drug-likeness (QED) is 0.842. The lowest BCUT2D eigenvalue weighted by Crippen LogP contribution is -2.32. The van der Waals surface area contributed by atoms with Crippen molar-refractivity contribution >= 4 is 5.97 Å². The Labute approximate surface area is 104 Å². The maximum atomic E-state index is 10.6. The molecule has 1 heterocycles. The highest BCUT2D eigenvalue weighted by Crippen LogP contribution is 2.18. The van der Waals surface area contributed by atoms with E-state index in [-0.39, 0.29) is 0 Å². The summed E-state index contributed by atoms with van der Waals surface area (Å²) in [5.41, 5.74) is 1.72. The molecule has 2 aromatic rings. The average Bonchev–Trinajstić information content (AvgIpc) is 2.85. The molecule has 0 amide bonds. The standard InChI is InChI=1S/C13H14N2O3/c1-9(13(16)17)14-8-11-7-12(15-18-11)10-5-3-2-4-6-10/h2-7,9,14H,8H2,1H3,(H,16,17)/t9-/m1/s1. The van der Waals surface area contributed by atoms with Crippen LogP contribution in [0.1, 0.15) is 12.7 Å². The number of hydrogen-bond donors (Lipinski definition) is 2. The zero-order chi connectivity index (χ0) is 13.0. The third-order valence-corrected chi connectivity index (χ3v) is 2.58. The molecule has 94 valence electrons. The summed E-state index contributed by atoms with van der Waals surface area (Å²) < 4.78 is 5.14. The molecule has 0 aliphatic rings. The van der Waals surface area contributed by atoms with Crippen molar-refractivity contribution < 1.29 is 14.4 Å². The van der Waals surface area contributed by atoms with E-state index < -0.39 is 12.0 Å². The highest BCUT2D eigenvalue weighted by atomic mass is 16.5. The Kier molecular flexibility index (Phi) is 3.74. The van der Waals surface area contributed by atoms with Crippen LogP contribution >= 0.6 is 0 Å². The van der Waals surface area contributed by atoms with Crippen LogP contribution in [0.3, 0.4) is 0 Å². The van der Waals surface area contributed by atoms with E-state index in [4.69, 9.17) is 9.63 Å². The van der Waals surface area contributed by atoms with E-state index in [9.17, 15) is 4.79 Å². The predicted octanol–water partition coefficient (Wildman–Crippen LogP) is 1.90. The second kappa shape index (κ2) is 5.46. The molecular formula is C13H14N2O3. The summed E-state index contributed by atoms with van der Waals surface area (Å²) in [6.45, 7) is 1.92. The monoisotopic (exact) mass is 246 g/mol. The van der Waals surface area contributed by atoms with Crippen molar-refractivity contribution in [3.63, 3.8) is 0 Å². The van der Waals surface area contributed by atoms with Gasteiger partial charge in [0.1, 0.15) is 11.7 Å². The minimum absolute atomic E-state index is 0.341. The Morgan fingerprint density at radius 2 is 2.17 bits per heavy atom. The van der Waals surface area contributed by atoms with Crippen LogP contribution in [0.25, 0.3) is 11.3 Å². The smallest absolute Gasteiger partial charge is 0.320 e. The summed E-state index contributed by atoms with van der Waals surface area (Å²) >= 11 is 0. The first-order valence-corrected chi connectivity index (χ1v) is 5.64. The molecule has 2 N–H and O–H groups in total. The normalized spacial score (nSPS) is 12.3. The van der Waals surface area contributed by atoms with Crippen molar-refractivity contribution in [3.8, 4) is 11.3 Å². The third-order valence-electron chi connectivity index (χ3n) is 2.58. The molecule has 0 radical (unpaired) electrons. The average molecular weight is 246 g/mol. The Morgan fingerprint density at radius 1 is 1.44 bits per heavy atom. The van der Waals surface area contributed by atoms with Crippen LogP contribution < -0.4 is 5.32 Å². The Bertz CT molecular complexity index is 522. The zero-order valence-electron chi connectivity index (χ0n) is 9.96. The number of carboxylic acid groups (broad SMARTS) is 1. The maximum Gasteiger partial charge on any atom is 0.320 e. The van der Waals surface area contributed by atoms with Crippen molar-refractivity contribution in [1.82, 2.24) is 10.5 Å². The minimum atomic E-state index is -0.891. The fourth-order valence-electron chi connectivity index (χ4n) is 1.48. The number of carboxylic acids is 1. The second-order valence-corrected chi connectivity index (χ2v) is 3.99. The number of nitrogens with zero attached hydrogens (tertiary/aromatic N) is 1. The molecule has 5 nitrogen and oxygen atoms in total. The molecule has 1 aromatic carbocycles. The van der Waals surface area contributed by atoms with Gasteiger partial charge in [-0.1, -0.05) is 35.5 Å². The maximum absolute atomic E-state index is 10.6. The van der Waals surface area contributed by atoms with Gasteiger partial charge in [0.15, 0.2) is 5.76 Å². The first kappa shape index (κ1) is 12.3. The molecule has 0 aliphatic heterocycles. The van der Waals surface area contributed by atoms with Crippen LogP contribution in [0.4, 0.5) is 0 Å². The summed E-state index contributed by atoms with van der Waals surface area (Å²) in [5, 5.41) is 15.5. The molecule has 0 saturated carbocycles. The highest BCUT2D eigenvalue weighted by molar-refractivity contribution is 5.72. The summed E-state index contributed by atoms with van der Waals surface area (Å²) in [6, 6.07) is 10.8. The number of carbonyl (C=O) groups is 1. The van der Waals surface area contributed by atoms with Crippen LogP contribution in [-0.4, -0.2) is 22.3 Å². The van der Waals surface area contributed by atoms with Crippen molar-refractivity contribution in [2.75, 3.05) is 0 Å². The largest absolute Gasteiger partial charge is 0.480 e. The molecule has 0 saturated heterocycles. The number of rotatable bonds is 5. The van der Waals surface area contributed by atoms with Crippen molar-refractivity contribution in [2.45, 2.75) is 19.5 Å². The van der Waals surface area contributed by atoms with Gasteiger partial charge in [-0.15, -0.1) is 0 Å². The number of aliphatic carboxylic acids is 1. The van der Waals surface area contributed by atoms with Gasteiger partial charge in [0.05, 0.1) is 6.54 Å². The van der Waals surface area contributed by atoms with Gasteiger partial charge in [-0.05, 0) is 6.92 Å². The van der Waals surface area contributed by atoms with Crippen LogP contribution in [0.5, 0.6) is 0 Å². The number of aromatic nitrogens is 1. The van der Waals surface area contributed by atoms with E-state index in [1.807, 2.05) is 30.3 Å². The first-order chi connectivity index (χ1) is 8.66. The minimum Gasteiger partial charge on any atom is -0.480 e. The predicted molar refractivity (Wildman–Crippen MR) is 65.9 cm³/mol. The van der Waals surface area contributed by atoms with Crippen molar-refractivity contribution in [3.05, 3.63) is 42.2 Å². The highest BCUT2D eigenvalue weighted by Gasteiger charge is 2.11. The molecule has 0 fully saturated rings. The fourth-order valence-corrected chi connectivity index (χ4v) is 1.48. The lowest BCUT2D eigenvalue weighted by atomic mass is 10.1. The van der Waals surface area contributed by atoms with E-state index in [0.717, 1.165) is 11.3 Å². The van der Waals surface area contributed by atoms with E-state index in [2.05, 4.69) is 10.5 Å². The Balaban J connectivity index is 2.01. The van der Waals surface area contributed by atoms with Crippen molar-refractivity contribution in [1.29, 1.82) is 0 Å². The molecule has 0 bridgehead atoms. The molecule has 1 aromatic heterocycles. The van der Waals surface area contributed by atoms with Gasteiger partial charge in [0, 0.05) is 11.6 Å². The molecule has 18 heavy (non-hydrogen) atoms. The number of nitrogens with one attached hydrogen (secondary N) is 1. The number of benzene rings is 1. The molecule has 5 heteroatoms. The van der Waals surface area contributed by atoms with Gasteiger partial charge in [-0.2, -0.15) is 0 Å². The summed E-state index contributed by atoms with van der Waals surface area (Å²) in [6.07, 6.45) is 0. The molecular weight excluding hydrogens is 232 g/mol. The molecule has 0 unspecified atom stereocenters. The van der Waals surface area contributed by atoms with Gasteiger partial charge < -0.3 is 9.63 Å². The van der Waals surface area contributed by atoms with Crippen LogP contribution in [0, 0.1) is 0 Å². The molecule has 0 aliphatic carbocycles. The van der Waals surface area contributed by atoms with E-state index >= 15 is 0 Å². The van der Waals surface area contributed by atoms with Gasteiger partial charge >= 0.3 is 5.97 Å². The van der Waals surface area contributed by atoms with E-state index in [1.165, 1.54) is 0 Å². The fraction of sp³-hybridized carbons (Fsp3) is 0.231. The van der Waals surface area contributed by atoms with Crippen LogP contribution in [-0.2, 0) is 11.3 Å². The van der Waals surface area contributed by atoms with Crippen LogP contribution in [0.2, 0.25) is 0 Å². The molecule has 2 rings (SSSR count). The lowest BCUT2D eigenvalue weighted by molar-refractivity contribution is -0.139.